The van der Waals surface area contributed by atoms with Crippen molar-refractivity contribution in [2.45, 2.75) is 0 Å². The van der Waals surface area contributed by atoms with Crippen molar-refractivity contribution in [3.63, 3.8) is 0 Å². The van der Waals surface area contributed by atoms with Gasteiger partial charge in [-0.1, -0.05) is 36.4 Å². The first-order valence-electron chi connectivity index (χ1n) is 9.83. The molecule has 0 bridgehead atoms. The van der Waals surface area contributed by atoms with Crippen molar-refractivity contribution in [3.05, 3.63) is 94.2 Å². The van der Waals surface area contributed by atoms with Crippen LogP contribution < -0.4 is 10.1 Å². The fraction of sp³-hybridized carbons (Fsp3) is 0.0400. The topological polar surface area (TPSA) is 118 Å². The second kappa shape index (κ2) is 9.08. The van der Waals surface area contributed by atoms with Crippen LogP contribution >= 0.6 is 0 Å². The zero-order valence-corrected chi connectivity index (χ0v) is 17.4. The molecule has 1 amide bonds. The van der Waals surface area contributed by atoms with E-state index in [1.165, 1.54) is 37.5 Å². The van der Waals surface area contributed by atoms with Crippen LogP contribution in [-0.2, 0) is 4.79 Å². The van der Waals surface area contributed by atoms with Crippen LogP contribution in [0, 0.1) is 21.4 Å². The molecular formula is C25H17N3O5. The average Bonchev–Trinajstić information content (AvgIpc) is 3.30. The number of nitrogens with zero attached hydrogens (tertiary/aromatic N) is 2. The summed E-state index contributed by atoms with van der Waals surface area (Å²) in [6.07, 6.45) is 1.29. The van der Waals surface area contributed by atoms with E-state index in [1.54, 1.807) is 12.1 Å². The lowest BCUT2D eigenvalue weighted by molar-refractivity contribution is -0.384. The first-order valence-corrected chi connectivity index (χ1v) is 9.83. The number of furan rings is 1. The number of ether oxygens (including phenoxy) is 1. The lowest BCUT2D eigenvalue weighted by Gasteiger charge is -2.08. The molecule has 0 fully saturated rings. The molecule has 0 aliphatic heterocycles. The maximum atomic E-state index is 12.7. The van der Waals surface area contributed by atoms with Crippen molar-refractivity contribution in [1.82, 2.24) is 0 Å². The Labute approximate surface area is 188 Å². The highest BCUT2D eigenvalue weighted by atomic mass is 16.6. The number of benzene rings is 3. The third-order valence-electron chi connectivity index (χ3n) is 4.98. The Morgan fingerprint density at radius 2 is 1.91 bits per heavy atom. The average molecular weight is 439 g/mol. The Morgan fingerprint density at radius 1 is 1.12 bits per heavy atom. The summed E-state index contributed by atoms with van der Waals surface area (Å²) in [5.74, 6) is 0.179. The minimum Gasteiger partial charge on any atom is -0.497 e. The quantitative estimate of drug-likeness (QED) is 0.182. The molecule has 4 aromatic rings. The number of nitriles is 1. The Kier molecular flexibility index (Phi) is 5.87. The van der Waals surface area contributed by atoms with E-state index in [2.05, 4.69) is 5.32 Å². The molecule has 8 nitrogen and oxygen atoms in total. The standard InChI is InChI=1S/C25H17N3O5/c1-32-18-9-11-21(23(14-18)28(30)31)24-12-10-19(33-24)13-17(15-26)25(29)27-22-8-4-6-16-5-2-3-7-20(16)22/h2-14H,1H3,(H,27,29). The van der Waals surface area contributed by atoms with Crippen molar-refractivity contribution in [1.29, 1.82) is 5.26 Å². The minimum atomic E-state index is -0.595. The highest BCUT2D eigenvalue weighted by Gasteiger charge is 2.20. The normalized spacial score (nSPS) is 11.1. The summed E-state index contributed by atoms with van der Waals surface area (Å²) >= 11 is 0. The van der Waals surface area contributed by atoms with Gasteiger partial charge in [0.25, 0.3) is 11.6 Å². The summed E-state index contributed by atoms with van der Waals surface area (Å²) in [5.41, 5.74) is 0.467. The third-order valence-corrected chi connectivity index (χ3v) is 4.98. The summed E-state index contributed by atoms with van der Waals surface area (Å²) in [6.45, 7) is 0. The van der Waals surface area contributed by atoms with E-state index < -0.39 is 10.8 Å². The fourth-order valence-corrected chi connectivity index (χ4v) is 3.39. The van der Waals surface area contributed by atoms with E-state index in [0.717, 1.165) is 10.8 Å². The number of methoxy groups -OCH3 is 1. The van der Waals surface area contributed by atoms with Gasteiger partial charge in [0.05, 0.1) is 23.7 Å². The molecule has 0 aliphatic rings. The summed E-state index contributed by atoms with van der Waals surface area (Å²) in [5, 5.41) is 25.5. The van der Waals surface area contributed by atoms with Gasteiger partial charge in [0.1, 0.15) is 28.9 Å². The Hall–Kier alpha value is -4.90. The highest BCUT2D eigenvalue weighted by Crippen LogP contribution is 2.34. The van der Waals surface area contributed by atoms with Crippen LogP contribution in [0.4, 0.5) is 11.4 Å². The van der Waals surface area contributed by atoms with Crippen LogP contribution in [0.1, 0.15) is 5.76 Å². The monoisotopic (exact) mass is 439 g/mol. The number of hydrogen-bond donors (Lipinski definition) is 1. The summed E-state index contributed by atoms with van der Waals surface area (Å²) in [4.78, 5) is 23.7. The van der Waals surface area contributed by atoms with Crippen molar-refractivity contribution in [2.24, 2.45) is 0 Å². The SMILES string of the molecule is COc1ccc(-c2ccc(C=C(C#N)C(=O)Nc3cccc4ccccc34)o2)c([N+](=O)[O-])c1. The van der Waals surface area contributed by atoms with E-state index in [1.807, 2.05) is 42.5 Å². The molecule has 8 heteroatoms. The predicted octanol–water partition coefficient (Wildman–Crippen LogP) is 5.56. The molecule has 0 spiro atoms. The Balaban J connectivity index is 1.62. The lowest BCUT2D eigenvalue weighted by atomic mass is 10.1. The van der Waals surface area contributed by atoms with Crippen LogP contribution in [0.2, 0.25) is 0 Å². The first-order chi connectivity index (χ1) is 16.0. The van der Waals surface area contributed by atoms with E-state index in [-0.39, 0.29) is 28.3 Å². The van der Waals surface area contributed by atoms with Gasteiger partial charge in [-0.25, -0.2) is 0 Å². The molecule has 1 heterocycles. The Bertz CT molecular complexity index is 1440. The predicted molar refractivity (Wildman–Crippen MR) is 124 cm³/mol. The van der Waals surface area contributed by atoms with E-state index in [0.29, 0.717) is 11.4 Å². The molecule has 3 aromatic carbocycles. The molecule has 162 valence electrons. The van der Waals surface area contributed by atoms with E-state index >= 15 is 0 Å². The van der Waals surface area contributed by atoms with Gasteiger partial charge in [0.15, 0.2) is 0 Å². The van der Waals surface area contributed by atoms with Gasteiger partial charge >= 0.3 is 0 Å². The van der Waals surface area contributed by atoms with Crippen molar-refractivity contribution in [3.8, 4) is 23.1 Å². The number of carbonyl (C=O) groups is 1. The maximum Gasteiger partial charge on any atom is 0.284 e. The first kappa shape index (κ1) is 21.3. The molecule has 1 aromatic heterocycles. The molecule has 1 N–H and O–H groups in total. The third kappa shape index (κ3) is 4.43. The number of fused-ring (bicyclic) bond motifs is 1. The highest BCUT2D eigenvalue weighted by molar-refractivity contribution is 6.12. The fourth-order valence-electron chi connectivity index (χ4n) is 3.39. The summed E-state index contributed by atoms with van der Waals surface area (Å²) < 4.78 is 10.7. The Morgan fingerprint density at radius 3 is 2.67 bits per heavy atom. The number of nitro groups is 1. The van der Waals surface area contributed by atoms with Gasteiger partial charge in [-0.3, -0.25) is 14.9 Å². The molecule has 0 atom stereocenters. The number of hydrogen-bond acceptors (Lipinski definition) is 6. The zero-order chi connectivity index (χ0) is 23.4. The van der Waals surface area contributed by atoms with Crippen LogP contribution in [0.25, 0.3) is 28.2 Å². The molecule has 0 unspecified atom stereocenters. The maximum absolute atomic E-state index is 12.7. The van der Waals surface area contributed by atoms with Crippen molar-refractivity contribution >= 4 is 34.1 Å². The van der Waals surface area contributed by atoms with E-state index in [9.17, 15) is 20.2 Å². The zero-order valence-electron chi connectivity index (χ0n) is 17.4. The summed E-state index contributed by atoms with van der Waals surface area (Å²) in [6, 6.07) is 22.4. The number of amides is 1. The lowest BCUT2D eigenvalue weighted by Crippen LogP contribution is -2.13. The van der Waals surface area contributed by atoms with Gasteiger partial charge in [-0.2, -0.15) is 5.26 Å². The molecule has 0 saturated heterocycles. The van der Waals surface area contributed by atoms with Gasteiger partial charge in [0.2, 0.25) is 0 Å². The minimum absolute atomic E-state index is 0.173. The van der Waals surface area contributed by atoms with Crippen LogP contribution in [0.15, 0.2) is 82.8 Å². The molecule has 0 aliphatic carbocycles. The van der Waals surface area contributed by atoms with Gasteiger partial charge in [-0.05, 0) is 35.7 Å². The van der Waals surface area contributed by atoms with Crippen LogP contribution in [0.3, 0.4) is 0 Å². The van der Waals surface area contributed by atoms with E-state index in [4.69, 9.17) is 9.15 Å². The molecule has 0 saturated carbocycles. The number of nitro benzene ring substituents is 1. The number of carbonyl (C=O) groups excluding carboxylic acids is 1. The smallest absolute Gasteiger partial charge is 0.284 e. The van der Waals surface area contributed by atoms with Crippen molar-refractivity contribution in [2.75, 3.05) is 12.4 Å². The molecular weight excluding hydrogens is 422 g/mol. The number of anilines is 1. The number of nitrogens with one attached hydrogen (secondary N) is 1. The molecule has 33 heavy (non-hydrogen) atoms. The second-order valence-electron chi connectivity index (χ2n) is 6.99. The van der Waals surface area contributed by atoms with Gasteiger partial charge in [-0.15, -0.1) is 0 Å². The summed E-state index contributed by atoms with van der Waals surface area (Å²) in [7, 11) is 1.42. The van der Waals surface area contributed by atoms with Gasteiger partial charge < -0.3 is 14.5 Å². The largest absolute Gasteiger partial charge is 0.497 e. The molecule has 4 rings (SSSR count). The van der Waals surface area contributed by atoms with Crippen molar-refractivity contribution < 1.29 is 18.9 Å². The van der Waals surface area contributed by atoms with Crippen LogP contribution in [0.5, 0.6) is 5.75 Å². The van der Waals surface area contributed by atoms with Crippen LogP contribution in [-0.4, -0.2) is 17.9 Å². The van der Waals surface area contributed by atoms with Gasteiger partial charge in [0, 0.05) is 17.1 Å². The molecule has 0 radical (unpaired) electrons. The number of rotatable bonds is 6. The second-order valence-corrected chi connectivity index (χ2v) is 6.99.